The Morgan fingerprint density at radius 1 is 0.812 bits per heavy atom. The van der Waals surface area contributed by atoms with E-state index in [1.54, 1.807) is 0 Å². The van der Waals surface area contributed by atoms with Gasteiger partial charge in [0.1, 0.15) is 0 Å². The van der Waals surface area contributed by atoms with Gasteiger partial charge in [-0.2, -0.15) is 5.10 Å². The molecule has 0 spiro atoms. The zero-order valence-electron chi connectivity index (χ0n) is 18.3. The van der Waals surface area contributed by atoms with Crippen molar-refractivity contribution in [3.8, 4) is 0 Å². The minimum atomic E-state index is 0.890. The van der Waals surface area contributed by atoms with Gasteiger partial charge in [0.15, 0.2) is 0 Å². The van der Waals surface area contributed by atoms with Crippen LogP contribution in [0.15, 0.2) is 104 Å². The molecule has 0 radical (unpaired) electrons. The maximum Gasteiger partial charge on any atom is 0.0650 e. The minimum Gasteiger partial charge on any atom is -0.278 e. The quantitative estimate of drug-likeness (QED) is 0.223. The summed E-state index contributed by atoms with van der Waals surface area (Å²) < 4.78 is 0. The van der Waals surface area contributed by atoms with Crippen molar-refractivity contribution in [1.29, 1.82) is 0 Å². The number of benzene rings is 4. The van der Waals surface area contributed by atoms with Crippen molar-refractivity contribution in [2.24, 2.45) is 0 Å². The smallest absolute Gasteiger partial charge is 0.0650 e. The predicted molar refractivity (Wildman–Crippen MR) is 137 cm³/mol. The fourth-order valence-corrected chi connectivity index (χ4v) is 4.52. The average molecular weight is 415 g/mol. The number of nitrogens with one attached hydrogen (secondary N) is 1. The van der Waals surface area contributed by atoms with E-state index < -0.39 is 0 Å². The van der Waals surface area contributed by atoms with Gasteiger partial charge in [-0.3, -0.25) is 5.10 Å². The summed E-state index contributed by atoms with van der Waals surface area (Å²) in [6, 6.07) is 30.8. The lowest BCUT2D eigenvalue weighted by molar-refractivity contribution is 1.12. The Kier molecular flexibility index (Phi) is 5.43. The largest absolute Gasteiger partial charge is 0.278 e. The number of fused-ring (bicyclic) bond motifs is 2. The molecule has 0 saturated carbocycles. The van der Waals surface area contributed by atoms with Gasteiger partial charge in [-0.15, -0.1) is 6.58 Å². The fourth-order valence-electron chi connectivity index (χ4n) is 4.52. The van der Waals surface area contributed by atoms with Gasteiger partial charge < -0.3 is 0 Å². The van der Waals surface area contributed by atoms with Crippen LogP contribution in [0.5, 0.6) is 0 Å². The van der Waals surface area contributed by atoms with E-state index >= 15 is 0 Å². The Bertz CT molecular complexity index is 1440. The number of nitrogens with zero attached hydrogens (tertiary/aromatic N) is 1. The van der Waals surface area contributed by atoms with Crippen molar-refractivity contribution < 1.29 is 0 Å². The molecule has 0 aliphatic rings. The van der Waals surface area contributed by atoms with E-state index in [4.69, 9.17) is 0 Å². The van der Waals surface area contributed by atoms with Crippen molar-refractivity contribution in [3.05, 3.63) is 126 Å². The standard InChI is InChI=1S/C30H26N2/c1-3-8-21-11-12-24-18-25(14-13-23(24)17-21)30(28(4-2)22-9-6-5-7-10-22)26-15-16-29-27(19-26)20-31-32-29/h3,5-7,9-20H,1,4,8H2,2H3,(H,31,32)/b30-28+. The first-order valence-corrected chi connectivity index (χ1v) is 11.1. The number of hydrogen-bond donors (Lipinski definition) is 1. The van der Waals surface area contributed by atoms with Gasteiger partial charge >= 0.3 is 0 Å². The third kappa shape index (κ3) is 3.76. The van der Waals surface area contributed by atoms with Crippen LogP contribution in [0.3, 0.4) is 0 Å². The SMILES string of the molecule is C=CCc1ccc2cc(/C(=C(/CC)c3ccccc3)c3ccc4[nH]ncc4c3)ccc2c1. The molecule has 0 atom stereocenters. The normalized spacial score (nSPS) is 12.2. The number of hydrogen-bond acceptors (Lipinski definition) is 1. The second-order valence-corrected chi connectivity index (χ2v) is 8.13. The topological polar surface area (TPSA) is 28.7 Å². The van der Waals surface area contributed by atoms with E-state index in [-0.39, 0.29) is 0 Å². The molecule has 1 N–H and O–H groups in total. The summed E-state index contributed by atoms with van der Waals surface area (Å²) in [5.74, 6) is 0. The second kappa shape index (κ2) is 8.68. The maximum absolute atomic E-state index is 4.21. The third-order valence-corrected chi connectivity index (χ3v) is 6.08. The number of H-pyrrole nitrogens is 1. The van der Waals surface area contributed by atoms with E-state index in [9.17, 15) is 0 Å². The molecule has 0 aliphatic heterocycles. The van der Waals surface area contributed by atoms with Gasteiger partial charge in [-0.05, 0) is 75.2 Å². The van der Waals surface area contributed by atoms with Crippen LogP contribution in [0.25, 0.3) is 32.8 Å². The Labute approximate surface area is 188 Å². The summed E-state index contributed by atoms with van der Waals surface area (Å²) in [4.78, 5) is 0. The average Bonchev–Trinajstić information content (AvgIpc) is 3.31. The number of rotatable bonds is 6. The molecule has 1 aromatic heterocycles. The second-order valence-electron chi connectivity index (χ2n) is 8.13. The summed E-state index contributed by atoms with van der Waals surface area (Å²) in [5.41, 5.74) is 8.67. The number of aromatic amines is 1. The highest BCUT2D eigenvalue weighted by Crippen LogP contribution is 2.36. The molecule has 0 amide bonds. The molecule has 0 fully saturated rings. The lowest BCUT2D eigenvalue weighted by Crippen LogP contribution is -1.95. The molecule has 2 nitrogen and oxygen atoms in total. The van der Waals surface area contributed by atoms with Crippen LogP contribution in [-0.4, -0.2) is 10.2 Å². The molecule has 0 aliphatic carbocycles. The monoisotopic (exact) mass is 414 g/mol. The van der Waals surface area contributed by atoms with Crippen LogP contribution in [0.2, 0.25) is 0 Å². The molecule has 0 unspecified atom stereocenters. The van der Waals surface area contributed by atoms with Crippen molar-refractivity contribution in [1.82, 2.24) is 10.2 Å². The van der Waals surface area contributed by atoms with Crippen LogP contribution < -0.4 is 0 Å². The first-order valence-electron chi connectivity index (χ1n) is 11.1. The van der Waals surface area contributed by atoms with E-state index in [1.165, 1.54) is 44.2 Å². The third-order valence-electron chi connectivity index (χ3n) is 6.08. The van der Waals surface area contributed by atoms with Gasteiger partial charge in [0.25, 0.3) is 0 Å². The van der Waals surface area contributed by atoms with Crippen LogP contribution in [0.4, 0.5) is 0 Å². The molecular weight excluding hydrogens is 388 g/mol. The Morgan fingerprint density at radius 3 is 2.31 bits per heavy atom. The van der Waals surface area contributed by atoms with E-state index in [0.29, 0.717) is 0 Å². The van der Waals surface area contributed by atoms with Gasteiger partial charge in [0.05, 0.1) is 11.7 Å². The van der Waals surface area contributed by atoms with Gasteiger partial charge in [-0.1, -0.05) is 79.7 Å². The zero-order chi connectivity index (χ0) is 21.9. The first kappa shape index (κ1) is 20.0. The van der Waals surface area contributed by atoms with Crippen molar-refractivity contribution in [2.75, 3.05) is 0 Å². The lowest BCUT2D eigenvalue weighted by Gasteiger charge is -2.17. The minimum absolute atomic E-state index is 0.890. The molecular formula is C30H26N2. The Hall–Kier alpha value is -3.91. The lowest BCUT2D eigenvalue weighted by atomic mass is 9.87. The van der Waals surface area contributed by atoms with Crippen molar-refractivity contribution in [2.45, 2.75) is 19.8 Å². The predicted octanol–water partition coefficient (Wildman–Crippen LogP) is 7.81. The highest BCUT2D eigenvalue weighted by molar-refractivity contribution is 6.02. The van der Waals surface area contributed by atoms with Crippen molar-refractivity contribution in [3.63, 3.8) is 0 Å². The Balaban J connectivity index is 1.74. The molecule has 32 heavy (non-hydrogen) atoms. The first-order chi connectivity index (χ1) is 15.8. The molecule has 0 saturated heterocycles. The number of allylic oxidation sites excluding steroid dienone is 2. The molecule has 2 heteroatoms. The molecule has 5 aromatic rings. The summed E-state index contributed by atoms with van der Waals surface area (Å²) in [5, 5.41) is 10.9. The van der Waals surface area contributed by atoms with Crippen LogP contribution in [0, 0.1) is 0 Å². The maximum atomic E-state index is 4.21. The Morgan fingerprint density at radius 2 is 1.53 bits per heavy atom. The van der Waals surface area contributed by atoms with E-state index in [2.05, 4.69) is 109 Å². The van der Waals surface area contributed by atoms with Crippen LogP contribution in [-0.2, 0) is 6.42 Å². The van der Waals surface area contributed by atoms with E-state index in [1.807, 2.05) is 12.3 Å². The summed E-state index contributed by atoms with van der Waals surface area (Å²) in [6.45, 7) is 6.11. The highest BCUT2D eigenvalue weighted by atomic mass is 15.1. The molecule has 5 rings (SSSR count). The van der Waals surface area contributed by atoms with Gasteiger partial charge in [-0.25, -0.2) is 0 Å². The summed E-state index contributed by atoms with van der Waals surface area (Å²) >= 11 is 0. The molecule has 1 heterocycles. The summed E-state index contributed by atoms with van der Waals surface area (Å²) in [6.07, 6.45) is 5.68. The molecule has 0 bridgehead atoms. The highest BCUT2D eigenvalue weighted by Gasteiger charge is 2.14. The van der Waals surface area contributed by atoms with Crippen LogP contribution >= 0.6 is 0 Å². The molecule has 4 aromatic carbocycles. The van der Waals surface area contributed by atoms with E-state index in [0.717, 1.165) is 23.7 Å². The summed E-state index contributed by atoms with van der Waals surface area (Å²) in [7, 11) is 0. The van der Waals surface area contributed by atoms with Gasteiger partial charge in [0.2, 0.25) is 0 Å². The molecule has 156 valence electrons. The van der Waals surface area contributed by atoms with Crippen molar-refractivity contribution >= 4 is 32.8 Å². The van der Waals surface area contributed by atoms with Gasteiger partial charge in [0, 0.05) is 5.39 Å². The zero-order valence-corrected chi connectivity index (χ0v) is 18.3. The van der Waals surface area contributed by atoms with Crippen LogP contribution in [0.1, 0.15) is 35.6 Å². The number of aromatic nitrogens is 2. The fraction of sp³-hybridized carbons (Fsp3) is 0.100.